The third-order valence-corrected chi connectivity index (χ3v) is 4.35. The fraction of sp³-hybridized carbons (Fsp3) is 0.500. The molecule has 2 aliphatic rings. The molecule has 88 valence electrons. The summed E-state index contributed by atoms with van der Waals surface area (Å²) < 4.78 is 0. The molecule has 1 saturated heterocycles. The molecule has 1 aliphatic heterocycles. The molecule has 1 heterocycles. The molecular weight excluding hydrogens is 232 g/mol. The highest BCUT2D eigenvalue weighted by atomic mass is 35.5. The summed E-state index contributed by atoms with van der Waals surface area (Å²) in [4.78, 5) is 2.32. The van der Waals surface area contributed by atoms with Crippen LogP contribution in [0.3, 0.4) is 0 Å². The second-order valence-corrected chi connectivity index (χ2v) is 5.68. The predicted molar refractivity (Wildman–Crippen MR) is 69.3 cm³/mol. The zero-order chi connectivity index (χ0) is 11.9. The molecule has 1 saturated carbocycles. The zero-order valence-corrected chi connectivity index (χ0v) is 10.5. The minimum atomic E-state index is 0.546. The first-order valence-corrected chi connectivity index (χ1v) is 6.55. The standard InChI is InChI=1S/C14H15ClN2/c15-12-4-1-3-11(9-16)13(12)17-8-2-5-14(10-17)6-7-14/h1,3-4H,2,5-8,10H2. The van der Waals surface area contributed by atoms with Crippen LogP contribution >= 0.6 is 11.6 Å². The van der Waals surface area contributed by atoms with Gasteiger partial charge < -0.3 is 4.90 Å². The van der Waals surface area contributed by atoms with Crippen molar-refractivity contribution in [2.24, 2.45) is 5.41 Å². The average molecular weight is 247 g/mol. The molecule has 1 spiro atoms. The molecule has 0 unspecified atom stereocenters. The third kappa shape index (κ3) is 1.89. The molecule has 1 aliphatic carbocycles. The van der Waals surface area contributed by atoms with E-state index in [4.69, 9.17) is 11.6 Å². The Morgan fingerprint density at radius 1 is 1.29 bits per heavy atom. The van der Waals surface area contributed by atoms with Crippen LogP contribution in [-0.2, 0) is 0 Å². The summed E-state index contributed by atoms with van der Waals surface area (Å²) in [6.07, 6.45) is 5.25. The van der Waals surface area contributed by atoms with Crippen molar-refractivity contribution in [3.8, 4) is 6.07 Å². The molecule has 3 heteroatoms. The van der Waals surface area contributed by atoms with E-state index in [2.05, 4.69) is 11.0 Å². The molecule has 0 amide bonds. The van der Waals surface area contributed by atoms with Gasteiger partial charge in [-0.2, -0.15) is 5.26 Å². The normalized spacial score (nSPS) is 21.3. The fourth-order valence-corrected chi connectivity index (χ4v) is 3.20. The molecule has 2 fully saturated rings. The third-order valence-electron chi connectivity index (χ3n) is 4.04. The summed E-state index contributed by atoms with van der Waals surface area (Å²) in [5.74, 6) is 0. The molecule has 0 aromatic heterocycles. The van der Waals surface area contributed by atoms with E-state index in [1.165, 1.54) is 25.7 Å². The SMILES string of the molecule is N#Cc1cccc(Cl)c1N1CCCC2(CC2)C1. The van der Waals surface area contributed by atoms with Crippen molar-refractivity contribution in [3.05, 3.63) is 28.8 Å². The lowest BCUT2D eigenvalue weighted by atomic mass is 9.94. The van der Waals surface area contributed by atoms with E-state index in [1.54, 1.807) is 0 Å². The minimum absolute atomic E-state index is 0.546. The van der Waals surface area contributed by atoms with Gasteiger partial charge in [-0.3, -0.25) is 0 Å². The van der Waals surface area contributed by atoms with Gasteiger partial charge in [-0.1, -0.05) is 17.7 Å². The van der Waals surface area contributed by atoms with Crippen molar-refractivity contribution in [1.29, 1.82) is 5.26 Å². The maximum Gasteiger partial charge on any atom is 0.101 e. The minimum Gasteiger partial charge on any atom is -0.369 e. The lowest BCUT2D eigenvalue weighted by molar-refractivity contribution is 0.395. The summed E-state index contributed by atoms with van der Waals surface area (Å²) in [6, 6.07) is 7.84. The van der Waals surface area contributed by atoms with Crippen LogP contribution in [0.5, 0.6) is 0 Å². The van der Waals surface area contributed by atoms with Crippen molar-refractivity contribution in [2.45, 2.75) is 25.7 Å². The number of halogens is 1. The van der Waals surface area contributed by atoms with Gasteiger partial charge in [-0.05, 0) is 43.2 Å². The monoisotopic (exact) mass is 246 g/mol. The van der Waals surface area contributed by atoms with E-state index < -0.39 is 0 Å². The quantitative estimate of drug-likeness (QED) is 0.757. The molecule has 3 rings (SSSR count). The predicted octanol–water partition coefficient (Wildman–Crippen LogP) is 3.59. The van der Waals surface area contributed by atoms with E-state index in [1.807, 2.05) is 18.2 Å². The molecule has 0 radical (unpaired) electrons. The second kappa shape index (κ2) is 3.92. The topological polar surface area (TPSA) is 27.0 Å². The van der Waals surface area contributed by atoms with Gasteiger partial charge in [-0.15, -0.1) is 0 Å². The van der Waals surface area contributed by atoms with E-state index in [-0.39, 0.29) is 0 Å². The van der Waals surface area contributed by atoms with Crippen LogP contribution in [0.2, 0.25) is 5.02 Å². The number of rotatable bonds is 1. The summed E-state index contributed by atoms with van der Waals surface area (Å²) >= 11 is 6.26. The molecule has 0 atom stereocenters. The maximum atomic E-state index is 9.18. The first kappa shape index (κ1) is 10.9. The highest BCUT2D eigenvalue weighted by Gasteiger charge is 2.45. The number of benzene rings is 1. The van der Waals surface area contributed by atoms with Crippen LogP contribution in [0.25, 0.3) is 0 Å². The fourth-order valence-electron chi connectivity index (χ4n) is 2.91. The van der Waals surface area contributed by atoms with Gasteiger partial charge in [-0.25, -0.2) is 0 Å². The van der Waals surface area contributed by atoms with Crippen molar-refractivity contribution in [3.63, 3.8) is 0 Å². The number of nitriles is 1. The number of para-hydroxylation sites is 1. The smallest absolute Gasteiger partial charge is 0.101 e. The largest absolute Gasteiger partial charge is 0.369 e. The Balaban J connectivity index is 1.95. The van der Waals surface area contributed by atoms with Crippen LogP contribution in [0, 0.1) is 16.7 Å². The lowest BCUT2D eigenvalue weighted by Crippen LogP contribution is -2.37. The lowest BCUT2D eigenvalue weighted by Gasteiger charge is -2.35. The van der Waals surface area contributed by atoms with Gasteiger partial charge in [0.05, 0.1) is 16.3 Å². The highest BCUT2D eigenvalue weighted by Crippen LogP contribution is 2.53. The molecule has 1 aromatic carbocycles. The Morgan fingerprint density at radius 3 is 2.82 bits per heavy atom. The summed E-state index contributed by atoms with van der Waals surface area (Å²) in [5, 5.41) is 9.89. The summed E-state index contributed by atoms with van der Waals surface area (Å²) in [6.45, 7) is 2.10. The molecule has 0 N–H and O–H groups in total. The summed E-state index contributed by atoms with van der Waals surface area (Å²) in [5.41, 5.74) is 2.20. The van der Waals surface area contributed by atoms with Gasteiger partial charge >= 0.3 is 0 Å². The molecule has 0 bridgehead atoms. The van der Waals surface area contributed by atoms with Crippen molar-refractivity contribution in [1.82, 2.24) is 0 Å². The van der Waals surface area contributed by atoms with Gasteiger partial charge in [0.2, 0.25) is 0 Å². The molecular formula is C14H15ClN2. The summed E-state index contributed by atoms with van der Waals surface area (Å²) in [7, 11) is 0. The van der Waals surface area contributed by atoms with Gasteiger partial charge in [0, 0.05) is 13.1 Å². The molecule has 1 aromatic rings. The van der Waals surface area contributed by atoms with Crippen LogP contribution in [0.4, 0.5) is 5.69 Å². The first-order valence-electron chi connectivity index (χ1n) is 6.18. The maximum absolute atomic E-state index is 9.18. The zero-order valence-electron chi connectivity index (χ0n) is 9.75. The number of hydrogen-bond donors (Lipinski definition) is 0. The first-order chi connectivity index (χ1) is 8.24. The van der Waals surface area contributed by atoms with E-state index in [0.29, 0.717) is 16.0 Å². The van der Waals surface area contributed by atoms with Crippen LogP contribution in [-0.4, -0.2) is 13.1 Å². The Kier molecular flexibility index (Phi) is 2.52. The number of piperidine rings is 1. The van der Waals surface area contributed by atoms with Crippen LogP contribution in [0.1, 0.15) is 31.2 Å². The molecule has 17 heavy (non-hydrogen) atoms. The highest BCUT2D eigenvalue weighted by molar-refractivity contribution is 6.33. The van der Waals surface area contributed by atoms with E-state index >= 15 is 0 Å². The second-order valence-electron chi connectivity index (χ2n) is 5.27. The average Bonchev–Trinajstić information content (AvgIpc) is 3.08. The van der Waals surface area contributed by atoms with Gasteiger partial charge in [0.15, 0.2) is 0 Å². The Hall–Kier alpha value is -1.20. The van der Waals surface area contributed by atoms with E-state index in [9.17, 15) is 5.26 Å². The van der Waals surface area contributed by atoms with Gasteiger partial charge in [0.1, 0.15) is 6.07 Å². The number of nitrogens with zero attached hydrogens (tertiary/aromatic N) is 2. The van der Waals surface area contributed by atoms with Crippen molar-refractivity contribution < 1.29 is 0 Å². The number of anilines is 1. The Labute approximate surface area is 107 Å². The Bertz CT molecular complexity index is 485. The molecule has 2 nitrogen and oxygen atoms in total. The number of hydrogen-bond acceptors (Lipinski definition) is 2. The Morgan fingerprint density at radius 2 is 2.12 bits per heavy atom. The van der Waals surface area contributed by atoms with E-state index in [0.717, 1.165) is 18.8 Å². The van der Waals surface area contributed by atoms with Crippen LogP contribution in [0.15, 0.2) is 18.2 Å². The van der Waals surface area contributed by atoms with Crippen LogP contribution < -0.4 is 4.90 Å². The van der Waals surface area contributed by atoms with Gasteiger partial charge in [0.25, 0.3) is 0 Å². The van der Waals surface area contributed by atoms with Crippen molar-refractivity contribution in [2.75, 3.05) is 18.0 Å². The van der Waals surface area contributed by atoms with Crippen molar-refractivity contribution >= 4 is 17.3 Å².